The molecule has 0 spiro atoms. The van der Waals surface area contributed by atoms with Crippen molar-refractivity contribution in [2.24, 2.45) is 7.05 Å². The molecule has 158 valence electrons. The zero-order valence-corrected chi connectivity index (χ0v) is 18.1. The minimum absolute atomic E-state index is 0.0159. The van der Waals surface area contributed by atoms with E-state index in [4.69, 9.17) is 0 Å². The summed E-state index contributed by atoms with van der Waals surface area (Å²) in [7, 11) is 2.00. The molecule has 1 aromatic heterocycles. The van der Waals surface area contributed by atoms with E-state index >= 15 is 0 Å². The standard InChI is InChI=1S/C22H38N4O2/c1-5-6-15-25(16-20-13-10-14-24(20)4)21(27)17-26(18(2)3)22(28)23-19-11-8-7-9-12-19/h10,13-14,18-19H,5-9,11-12,15-17H2,1-4H3,(H,23,28). The monoisotopic (exact) mass is 390 g/mol. The van der Waals surface area contributed by atoms with Gasteiger partial charge in [-0.1, -0.05) is 32.6 Å². The molecule has 0 aliphatic heterocycles. The van der Waals surface area contributed by atoms with Crippen molar-refractivity contribution in [2.75, 3.05) is 13.1 Å². The Hall–Kier alpha value is -1.98. The molecule has 1 aliphatic rings. The number of aromatic nitrogens is 1. The second-order valence-corrected chi connectivity index (χ2v) is 8.29. The second kappa shape index (κ2) is 11.1. The minimum Gasteiger partial charge on any atom is -0.353 e. The van der Waals surface area contributed by atoms with E-state index in [0.717, 1.165) is 37.9 Å². The van der Waals surface area contributed by atoms with Gasteiger partial charge in [0.2, 0.25) is 5.91 Å². The fourth-order valence-corrected chi connectivity index (χ4v) is 3.74. The van der Waals surface area contributed by atoms with Crippen LogP contribution in [-0.2, 0) is 18.4 Å². The summed E-state index contributed by atoms with van der Waals surface area (Å²) in [5, 5.41) is 3.15. The van der Waals surface area contributed by atoms with E-state index in [1.54, 1.807) is 4.90 Å². The molecule has 1 aliphatic carbocycles. The highest BCUT2D eigenvalue weighted by molar-refractivity contribution is 5.84. The maximum atomic E-state index is 13.1. The molecule has 28 heavy (non-hydrogen) atoms. The van der Waals surface area contributed by atoms with E-state index in [2.05, 4.69) is 12.2 Å². The summed E-state index contributed by atoms with van der Waals surface area (Å²) < 4.78 is 2.04. The fourth-order valence-electron chi connectivity index (χ4n) is 3.74. The van der Waals surface area contributed by atoms with E-state index < -0.39 is 0 Å². The van der Waals surface area contributed by atoms with Gasteiger partial charge < -0.3 is 19.7 Å². The van der Waals surface area contributed by atoms with Gasteiger partial charge in [0.15, 0.2) is 0 Å². The molecule has 0 radical (unpaired) electrons. The van der Waals surface area contributed by atoms with Gasteiger partial charge in [0.25, 0.3) is 0 Å². The van der Waals surface area contributed by atoms with Crippen molar-refractivity contribution in [1.29, 1.82) is 0 Å². The predicted molar refractivity (Wildman–Crippen MR) is 113 cm³/mol. The van der Waals surface area contributed by atoms with Crippen LogP contribution in [0.1, 0.15) is 71.4 Å². The van der Waals surface area contributed by atoms with Crippen molar-refractivity contribution in [3.8, 4) is 0 Å². The lowest BCUT2D eigenvalue weighted by atomic mass is 9.96. The second-order valence-electron chi connectivity index (χ2n) is 8.29. The molecule has 6 nitrogen and oxygen atoms in total. The van der Waals surface area contributed by atoms with Gasteiger partial charge in [0, 0.05) is 37.6 Å². The van der Waals surface area contributed by atoms with Crippen molar-refractivity contribution >= 4 is 11.9 Å². The lowest BCUT2D eigenvalue weighted by Gasteiger charge is -2.32. The summed E-state index contributed by atoms with van der Waals surface area (Å²) in [6.07, 6.45) is 9.68. The number of carbonyl (C=O) groups is 2. The summed E-state index contributed by atoms with van der Waals surface area (Å²) in [4.78, 5) is 29.5. The first-order valence-electron chi connectivity index (χ1n) is 10.9. The zero-order valence-electron chi connectivity index (χ0n) is 18.1. The number of unbranched alkanes of at least 4 members (excludes halogenated alkanes) is 1. The van der Waals surface area contributed by atoms with Gasteiger partial charge in [-0.25, -0.2) is 4.79 Å². The number of amides is 3. The largest absolute Gasteiger partial charge is 0.353 e. The molecule has 1 heterocycles. The molecule has 0 bridgehead atoms. The van der Waals surface area contributed by atoms with Gasteiger partial charge in [-0.3, -0.25) is 4.79 Å². The van der Waals surface area contributed by atoms with Gasteiger partial charge in [-0.15, -0.1) is 0 Å². The van der Waals surface area contributed by atoms with Gasteiger partial charge in [-0.05, 0) is 45.2 Å². The number of rotatable bonds is 9. The third-order valence-electron chi connectivity index (χ3n) is 5.66. The Bertz CT molecular complexity index is 620. The average Bonchev–Trinajstić information content (AvgIpc) is 3.07. The SMILES string of the molecule is CCCCN(Cc1cccn1C)C(=O)CN(C(=O)NC1CCCCC1)C(C)C. The molecule has 0 atom stereocenters. The summed E-state index contributed by atoms with van der Waals surface area (Å²) >= 11 is 0. The van der Waals surface area contributed by atoms with E-state index in [1.807, 2.05) is 48.7 Å². The molecule has 1 saturated carbocycles. The van der Waals surface area contributed by atoms with Crippen LogP contribution < -0.4 is 5.32 Å². The van der Waals surface area contributed by atoms with Crippen molar-refractivity contribution in [3.63, 3.8) is 0 Å². The molecule has 0 aromatic carbocycles. The number of nitrogens with zero attached hydrogens (tertiary/aromatic N) is 3. The van der Waals surface area contributed by atoms with Gasteiger partial charge >= 0.3 is 6.03 Å². The number of urea groups is 1. The molecule has 2 rings (SSSR count). The molecule has 0 saturated heterocycles. The third-order valence-corrected chi connectivity index (χ3v) is 5.66. The molecule has 3 amide bonds. The molecular formula is C22H38N4O2. The fraction of sp³-hybridized carbons (Fsp3) is 0.727. The van der Waals surface area contributed by atoms with Crippen LogP contribution in [0.4, 0.5) is 4.79 Å². The molecule has 6 heteroatoms. The van der Waals surface area contributed by atoms with Crippen molar-refractivity contribution in [2.45, 2.75) is 84.3 Å². The summed E-state index contributed by atoms with van der Waals surface area (Å²) in [6.45, 7) is 7.51. The predicted octanol–water partition coefficient (Wildman–Crippen LogP) is 3.91. The van der Waals surface area contributed by atoms with E-state index in [9.17, 15) is 9.59 Å². The summed E-state index contributed by atoms with van der Waals surface area (Å²) in [5.74, 6) is 0.0159. The maximum absolute atomic E-state index is 13.1. The first-order chi connectivity index (χ1) is 13.4. The third kappa shape index (κ3) is 6.57. The topological polar surface area (TPSA) is 57.6 Å². The minimum atomic E-state index is -0.107. The van der Waals surface area contributed by atoms with E-state index in [0.29, 0.717) is 6.54 Å². The Kier molecular flexibility index (Phi) is 8.87. The molecule has 1 fully saturated rings. The van der Waals surface area contributed by atoms with Crippen LogP contribution in [0.3, 0.4) is 0 Å². The Morgan fingerprint density at radius 2 is 1.96 bits per heavy atom. The number of hydrogen-bond acceptors (Lipinski definition) is 2. The normalized spacial score (nSPS) is 14.9. The average molecular weight is 391 g/mol. The zero-order chi connectivity index (χ0) is 20.5. The molecule has 1 aromatic rings. The van der Waals surface area contributed by atoms with Crippen LogP contribution in [0.25, 0.3) is 0 Å². The molecule has 0 unspecified atom stereocenters. The highest BCUT2D eigenvalue weighted by Gasteiger charge is 2.26. The lowest BCUT2D eigenvalue weighted by Crippen LogP contribution is -2.52. The smallest absolute Gasteiger partial charge is 0.318 e. The molecule has 1 N–H and O–H groups in total. The van der Waals surface area contributed by atoms with Crippen LogP contribution in [-0.4, -0.2) is 51.5 Å². The van der Waals surface area contributed by atoms with Crippen LogP contribution in [0, 0.1) is 0 Å². The van der Waals surface area contributed by atoms with Crippen LogP contribution in [0.2, 0.25) is 0 Å². The number of nitrogens with one attached hydrogen (secondary N) is 1. The Morgan fingerprint density at radius 3 is 2.54 bits per heavy atom. The first kappa shape index (κ1) is 22.3. The summed E-state index contributed by atoms with van der Waals surface area (Å²) in [5.41, 5.74) is 1.10. The highest BCUT2D eigenvalue weighted by atomic mass is 16.2. The highest BCUT2D eigenvalue weighted by Crippen LogP contribution is 2.18. The van der Waals surface area contributed by atoms with Crippen molar-refractivity contribution in [1.82, 2.24) is 19.7 Å². The van der Waals surface area contributed by atoms with Crippen LogP contribution >= 0.6 is 0 Å². The number of hydrogen-bond donors (Lipinski definition) is 1. The van der Waals surface area contributed by atoms with Crippen molar-refractivity contribution in [3.05, 3.63) is 24.0 Å². The van der Waals surface area contributed by atoms with Gasteiger partial charge in [0.05, 0.1) is 6.54 Å². The Labute approximate surface area is 170 Å². The van der Waals surface area contributed by atoms with Crippen molar-refractivity contribution < 1.29 is 9.59 Å². The van der Waals surface area contributed by atoms with E-state index in [1.165, 1.54) is 19.3 Å². The van der Waals surface area contributed by atoms with Gasteiger partial charge in [0.1, 0.15) is 6.54 Å². The Morgan fingerprint density at radius 1 is 1.25 bits per heavy atom. The van der Waals surface area contributed by atoms with Gasteiger partial charge in [-0.2, -0.15) is 0 Å². The number of carbonyl (C=O) groups excluding carboxylic acids is 2. The molecular weight excluding hydrogens is 352 g/mol. The first-order valence-corrected chi connectivity index (χ1v) is 10.9. The van der Waals surface area contributed by atoms with Crippen LogP contribution in [0.15, 0.2) is 18.3 Å². The van der Waals surface area contributed by atoms with E-state index in [-0.39, 0.29) is 30.6 Å². The quantitative estimate of drug-likeness (QED) is 0.695. The number of aryl methyl sites for hydroxylation is 1. The van der Waals surface area contributed by atoms with Crippen LogP contribution in [0.5, 0.6) is 0 Å². The Balaban J connectivity index is 2.01. The summed E-state index contributed by atoms with van der Waals surface area (Å²) in [6, 6.07) is 4.16. The lowest BCUT2D eigenvalue weighted by molar-refractivity contribution is -0.133. The maximum Gasteiger partial charge on any atom is 0.318 e.